The number of benzene rings is 2. The van der Waals surface area contributed by atoms with E-state index in [1.165, 1.54) is 37.0 Å². The lowest BCUT2D eigenvalue weighted by Crippen LogP contribution is -1.87. The molecule has 0 amide bonds. The lowest BCUT2D eigenvalue weighted by molar-refractivity contribution is 0.577. The fraction of sp³-hybridized carbons (Fsp3) is 0.360. The van der Waals surface area contributed by atoms with Gasteiger partial charge in [0.25, 0.3) is 0 Å². The van der Waals surface area contributed by atoms with E-state index >= 15 is 0 Å². The Hall–Kier alpha value is -2.40. The largest absolute Gasteiger partial charge is 0.212 e. The highest BCUT2D eigenvalue weighted by Gasteiger charge is 2.02. The summed E-state index contributed by atoms with van der Waals surface area (Å²) in [7, 11) is 0. The average Bonchev–Trinajstić information content (AvgIpc) is 2.67. The van der Waals surface area contributed by atoms with Crippen molar-refractivity contribution in [2.45, 2.75) is 58.8 Å². The van der Waals surface area contributed by atoms with Crippen molar-refractivity contribution in [1.82, 2.24) is 0 Å². The molecular weight excluding hydrogens is 338 g/mol. The van der Waals surface area contributed by atoms with Crippen LogP contribution in [0.1, 0.15) is 74.6 Å². The molecule has 0 nitrogen and oxygen atoms in total. The van der Waals surface area contributed by atoms with Crippen LogP contribution in [-0.4, -0.2) is 0 Å². The number of halogens is 2. The summed E-state index contributed by atoms with van der Waals surface area (Å²) in [5.74, 6) is 5.25. The number of hydrogen-bond donors (Lipinski definition) is 0. The van der Waals surface area contributed by atoms with Crippen LogP contribution in [0, 0.1) is 17.7 Å². The van der Waals surface area contributed by atoms with Crippen LogP contribution in [0.15, 0.2) is 48.3 Å². The molecule has 0 aliphatic rings. The first-order chi connectivity index (χ1) is 13.1. The first-order valence-corrected chi connectivity index (χ1v) is 9.89. The van der Waals surface area contributed by atoms with Gasteiger partial charge in [-0.25, -0.2) is 8.78 Å². The summed E-state index contributed by atoms with van der Waals surface area (Å²) in [5.41, 5.74) is 3.03. The summed E-state index contributed by atoms with van der Waals surface area (Å²) in [6, 6.07) is 12.8. The van der Waals surface area contributed by atoms with Gasteiger partial charge in [-0.15, -0.1) is 0 Å². The van der Waals surface area contributed by atoms with Crippen LogP contribution in [-0.2, 0) is 6.42 Å². The summed E-state index contributed by atoms with van der Waals surface area (Å²) in [5, 5.41) is 0. The first kappa shape index (κ1) is 20.9. The predicted octanol–water partition coefficient (Wildman–Crippen LogP) is 7.46. The lowest BCUT2D eigenvalue weighted by Gasteiger charge is -2.01. The van der Waals surface area contributed by atoms with Crippen molar-refractivity contribution in [1.29, 1.82) is 0 Å². The van der Waals surface area contributed by atoms with Gasteiger partial charge in [0.15, 0.2) is 0 Å². The van der Waals surface area contributed by atoms with Gasteiger partial charge in [0.05, 0.1) is 5.56 Å². The molecule has 0 aliphatic heterocycles. The van der Waals surface area contributed by atoms with E-state index in [1.54, 1.807) is 12.1 Å². The maximum Gasteiger partial charge on any atom is 0.139 e. The van der Waals surface area contributed by atoms with Crippen LogP contribution in [0.4, 0.5) is 8.78 Å². The Bertz CT molecular complexity index is 804. The monoisotopic (exact) mass is 366 g/mol. The highest BCUT2D eigenvalue weighted by Crippen LogP contribution is 2.17. The Kier molecular flexibility index (Phi) is 8.78. The molecule has 0 N–H and O–H groups in total. The Morgan fingerprint density at radius 1 is 0.926 bits per heavy atom. The first-order valence-electron chi connectivity index (χ1n) is 9.89. The van der Waals surface area contributed by atoms with E-state index in [2.05, 4.69) is 30.9 Å². The fourth-order valence-corrected chi connectivity index (χ4v) is 2.79. The molecule has 27 heavy (non-hydrogen) atoms. The van der Waals surface area contributed by atoms with Crippen LogP contribution in [0.3, 0.4) is 0 Å². The molecule has 2 aromatic carbocycles. The zero-order chi connectivity index (χ0) is 19.5. The smallest absolute Gasteiger partial charge is 0.139 e. The van der Waals surface area contributed by atoms with Gasteiger partial charge in [-0.05, 0) is 67.2 Å². The van der Waals surface area contributed by atoms with E-state index in [0.717, 1.165) is 24.8 Å². The van der Waals surface area contributed by atoms with E-state index in [-0.39, 0.29) is 5.83 Å². The van der Waals surface area contributed by atoms with Crippen molar-refractivity contribution in [2.24, 2.45) is 0 Å². The van der Waals surface area contributed by atoms with Crippen molar-refractivity contribution in [2.75, 3.05) is 0 Å². The molecule has 0 saturated carbocycles. The van der Waals surface area contributed by atoms with Gasteiger partial charge in [0.1, 0.15) is 11.6 Å². The molecule has 0 unspecified atom stereocenters. The zero-order valence-corrected chi connectivity index (χ0v) is 16.3. The molecule has 2 aromatic rings. The molecule has 0 atom stereocenters. The second kappa shape index (κ2) is 11.3. The van der Waals surface area contributed by atoms with Gasteiger partial charge >= 0.3 is 0 Å². The SMILES string of the molecule is CCCCCc1ccc(C#Cc2ccc(C=C(F)CCCC)cc2F)cc1. The van der Waals surface area contributed by atoms with E-state index < -0.39 is 5.82 Å². The van der Waals surface area contributed by atoms with Crippen molar-refractivity contribution in [3.05, 3.63) is 76.4 Å². The molecule has 2 heteroatoms. The van der Waals surface area contributed by atoms with E-state index in [0.29, 0.717) is 17.5 Å². The van der Waals surface area contributed by atoms with Crippen molar-refractivity contribution >= 4 is 6.08 Å². The Labute approximate surface area is 162 Å². The number of unbranched alkanes of at least 4 members (excludes halogenated alkanes) is 3. The van der Waals surface area contributed by atoms with Gasteiger partial charge in [0.2, 0.25) is 0 Å². The Morgan fingerprint density at radius 3 is 2.33 bits per heavy atom. The fourth-order valence-electron chi connectivity index (χ4n) is 2.79. The summed E-state index contributed by atoms with van der Waals surface area (Å²) in [6.07, 6.45) is 8.27. The molecule has 0 saturated heterocycles. The van der Waals surface area contributed by atoms with Crippen molar-refractivity contribution in [3.8, 4) is 11.8 Å². The second-order valence-electron chi connectivity index (χ2n) is 6.84. The topological polar surface area (TPSA) is 0 Å². The lowest BCUT2D eigenvalue weighted by atomic mass is 10.1. The number of hydrogen-bond acceptors (Lipinski definition) is 0. The third kappa shape index (κ3) is 7.39. The predicted molar refractivity (Wildman–Crippen MR) is 111 cm³/mol. The standard InChI is InChI=1S/C25H28F2/c1-3-5-7-8-20-10-12-21(13-11-20)14-16-23-17-15-22(19-25(23)27)18-24(26)9-6-4-2/h10-13,15,17-19H,3-9H2,1-2H3. The van der Waals surface area contributed by atoms with Crippen molar-refractivity contribution in [3.63, 3.8) is 0 Å². The highest BCUT2D eigenvalue weighted by molar-refractivity contribution is 5.54. The molecule has 0 spiro atoms. The van der Waals surface area contributed by atoms with Gasteiger partial charge < -0.3 is 0 Å². The summed E-state index contributed by atoms with van der Waals surface area (Å²) in [4.78, 5) is 0. The van der Waals surface area contributed by atoms with Crippen LogP contribution in [0.25, 0.3) is 6.08 Å². The van der Waals surface area contributed by atoms with E-state index in [4.69, 9.17) is 0 Å². The molecule has 0 fully saturated rings. The second-order valence-corrected chi connectivity index (χ2v) is 6.84. The maximum atomic E-state index is 14.2. The van der Waals surface area contributed by atoms with Gasteiger partial charge in [-0.3, -0.25) is 0 Å². The summed E-state index contributed by atoms with van der Waals surface area (Å²) >= 11 is 0. The highest BCUT2D eigenvalue weighted by atomic mass is 19.1. The molecule has 0 radical (unpaired) electrons. The maximum absolute atomic E-state index is 14.2. The zero-order valence-electron chi connectivity index (χ0n) is 16.3. The Morgan fingerprint density at radius 2 is 1.67 bits per heavy atom. The van der Waals surface area contributed by atoms with Crippen LogP contribution in [0.5, 0.6) is 0 Å². The minimum absolute atomic E-state index is 0.214. The molecule has 0 bridgehead atoms. The van der Waals surface area contributed by atoms with E-state index in [9.17, 15) is 8.78 Å². The quantitative estimate of drug-likeness (QED) is 0.336. The van der Waals surface area contributed by atoms with E-state index in [1.807, 2.05) is 19.1 Å². The normalized spacial score (nSPS) is 11.2. The molecule has 0 aliphatic carbocycles. The third-order valence-corrected chi connectivity index (χ3v) is 4.45. The number of allylic oxidation sites excluding steroid dienone is 1. The van der Waals surface area contributed by atoms with Crippen LogP contribution >= 0.6 is 0 Å². The molecular formula is C25H28F2. The summed E-state index contributed by atoms with van der Waals surface area (Å²) < 4.78 is 28.0. The number of rotatable bonds is 8. The third-order valence-electron chi connectivity index (χ3n) is 4.45. The minimum Gasteiger partial charge on any atom is -0.212 e. The van der Waals surface area contributed by atoms with Crippen molar-refractivity contribution < 1.29 is 8.78 Å². The number of aryl methyl sites for hydroxylation is 1. The molecule has 0 heterocycles. The van der Waals surface area contributed by atoms with Gasteiger partial charge in [-0.1, -0.05) is 63.1 Å². The van der Waals surface area contributed by atoms with Crippen LogP contribution in [0.2, 0.25) is 0 Å². The minimum atomic E-state index is -0.421. The van der Waals surface area contributed by atoms with Gasteiger partial charge in [-0.2, -0.15) is 0 Å². The van der Waals surface area contributed by atoms with Gasteiger partial charge in [0, 0.05) is 5.56 Å². The summed E-state index contributed by atoms with van der Waals surface area (Å²) in [6.45, 7) is 4.21. The Balaban J connectivity index is 2.04. The van der Waals surface area contributed by atoms with Crippen LogP contribution < -0.4 is 0 Å². The molecule has 142 valence electrons. The average molecular weight is 366 g/mol. The molecule has 0 aromatic heterocycles. The molecule has 2 rings (SSSR count).